The van der Waals surface area contributed by atoms with Gasteiger partial charge >= 0.3 is 5.97 Å². The number of esters is 1. The third-order valence-electron chi connectivity index (χ3n) is 11.4. The van der Waals surface area contributed by atoms with E-state index in [4.69, 9.17) is 4.74 Å². The molecule has 0 bridgehead atoms. The lowest BCUT2D eigenvalue weighted by Gasteiger charge is -2.62. The molecule has 4 aliphatic carbocycles. The van der Waals surface area contributed by atoms with Crippen molar-refractivity contribution >= 4 is 5.97 Å². The molecule has 0 amide bonds. The monoisotopic (exact) mass is 446 g/mol. The Morgan fingerprint density at radius 2 is 1.56 bits per heavy atom. The highest BCUT2D eigenvalue weighted by molar-refractivity contribution is 5.73. The van der Waals surface area contributed by atoms with Gasteiger partial charge in [0.05, 0.1) is 19.1 Å². The third kappa shape index (κ3) is 3.97. The summed E-state index contributed by atoms with van der Waals surface area (Å²) in [5, 5.41) is 10.7. The van der Waals surface area contributed by atoms with Crippen molar-refractivity contribution in [2.75, 3.05) is 7.11 Å². The number of methoxy groups -OCH3 is 1. The zero-order chi connectivity index (χ0) is 23.3. The zero-order valence-corrected chi connectivity index (χ0v) is 21.7. The molecule has 0 aliphatic heterocycles. The first kappa shape index (κ1) is 24.6. The zero-order valence-electron chi connectivity index (χ0n) is 21.7. The van der Waals surface area contributed by atoms with Gasteiger partial charge in [0.25, 0.3) is 0 Å². The molecule has 1 N–H and O–H groups in total. The Hall–Kier alpha value is -0.570. The quantitative estimate of drug-likeness (QED) is 0.453. The Balaban J connectivity index is 1.50. The minimum Gasteiger partial charge on any atom is -0.469 e. The van der Waals surface area contributed by atoms with E-state index < -0.39 is 6.10 Å². The summed E-state index contributed by atoms with van der Waals surface area (Å²) in [5.74, 6) is 4.75. The Labute approximate surface area is 197 Å². The summed E-state index contributed by atoms with van der Waals surface area (Å²) in [6.07, 6.45) is 13.3. The summed E-state index contributed by atoms with van der Waals surface area (Å²) in [6.45, 7) is 12.4. The summed E-state index contributed by atoms with van der Waals surface area (Å²) in [5.41, 5.74) is 0.695. The maximum Gasteiger partial charge on any atom is 0.311 e. The van der Waals surface area contributed by atoms with Gasteiger partial charge < -0.3 is 9.84 Å². The van der Waals surface area contributed by atoms with Crippen molar-refractivity contribution in [2.24, 2.45) is 58.2 Å². The van der Waals surface area contributed by atoms with Gasteiger partial charge in [-0.05, 0) is 104 Å². The van der Waals surface area contributed by atoms with Crippen molar-refractivity contribution < 1.29 is 14.6 Å². The van der Waals surface area contributed by atoms with Crippen LogP contribution in [0.3, 0.4) is 0 Å². The van der Waals surface area contributed by atoms with Gasteiger partial charge in [-0.25, -0.2) is 0 Å². The van der Waals surface area contributed by atoms with E-state index in [9.17, 15) is 9.90 Å². The fourth-order valence-corrected chi connectivity index (χ4v) is 9.83. The fraction of sp³-hybridized carbons (Fsp3) is 0.966. The molecule has 4 fully saturated rings. The number of aliphatic hydroxyl groups excluding tert-OH is 1. The van der Waals surface area contributed by atoms with E-state index in [0.29, 0.717) is 11.3 Å². The number of ether oxygens (including phenoxy) is 1. The van der Waals surface area contributed by atoms with E-state index in [1.165, 1.54) is 58.5 Å². The van der Waals surface area contributed by atoms with E-state index in [-0.39, 0.29) is 23.2 Å². The van der Waals surface area contributed by atoms with Crippen LogP contribution in [0, 0.1) is 58.2 Å². The van der Waals surface area contributed by atoms with Crippen molar-refractivity contribution in [1.82, 2.24) is 0 Å². The second-order valence-electron chi connectivity index (χ2n) is 13.3. The second-order valence-corrected chi connectivity index (χ2v) is 13.3. The average molecular weight is 447 g/mol. The molecule has 3 heteroatoms. The van der Waals surface area contributed by atoms with Gasteiger partial charge in [-0.1, -0.05) is 53.9 Å². The predicted octanol–water partition coefficient (Wildman–Crippen LogP) is 6.87. The Morgan fingerprint density at radius 3 is 2.25 bits per heavy atom. The number of carbonyl (C=O) groups excluding carboxylic acids is 1. The van der Waals surface area contributed by atoms with Gasteiger partial charge in [0, 0.05) is 0 Å². The van der Waals surface area contributed by atoms with E-state index in [1.54, 1.807) is 0 Å². The number of hydrogen-bond acceptors (Lipinski definition) is 3. The van der Waals surface area contributed by atoms with Crippen LogP contribution in [0.15, 0.2) is 0 Å². The Bertz CT molecular complexity index is 673. The molecule has 0 saturated heterocycles. The SMILES string of the molecule is COC(=O)[C@H]1C2CCC3C(CC[C@@]4(C)C3CC[C@@H]4[C@H](C)CCCC(C)C)[C@@]2(C)CC[C@H]1O. The average Bonchev–Trinajstić information content (AvgIpc) is 3.10. The fourth-order valence-electron chi connectivity index (χ4n) is 9.83. The standard InChI is InChI=1S/C29H50O3/c1-18(2)8-7-9-19(3)21-12-13-22-20-10-11-24-26(27(31)32-6)25(30)15-17-29(24,5)23(20)14-16-28(21,22)4/h18-26,30H,7-17H2,1-6H3/t19-,20?,21-,22?,23?,24?,25-,26+,28-,29-/m1/s1. The van der Waals surface area contributed by atoms with Crippen LogP contribution in [0.5, 0.6) is 0 Å². The lowest BCUT2D eigenvalue weighted by atomic mass is 9.43. The first-order chi connectivity index (χ1) is 15.1. The van der Waals surface area contributed by atoms with E-state index in [1.807, 2.05) is 0 Å². The van der Waals surface area contributed by atoms with Gasteiger partial charge in [0.1, 0.15) is 0 Å². The van der Waals surface area contributed by atoms with Crippen LogP contribution in [0.1, 0.15) is 105 Å². The molecule has 4 unspecified atom stereocenters. The van der Waals surface area contributed by atoms with Gasteiger partial charge in [0.2, 0.25) is 0 Å². The number of carbonyl (C=O) groups is 1. The van der Waals surface area contributed by atoms with Crippen LogP contribution in [0.4, 0.5) is 0 Å². The largest absolute Gasteiger partial charge is 0.469 e. The van der Waals surface area contributed by atoms with Crippen molar-refractivity contribution in [3.63, 3.8) is 0 Å². The molecule has 0 aromatic rings. The molecule has 3 nitrogen and oxygen atoms in total. The minimum atomic E-state index is -0.520. The molecule has 184 valence electrons. The Kier molecular flexibility index (Phi) is 7.08. The molecule has 0 aromatic carbocycles. The van der Waals surface area contributed by atoms with E-state index in [0.717, 1.165) is 48.9 Å². The van der Waals surface area contributed by atoms with Gasteiger partial charge in [-0.2, -0.15) is 0 Å². The van der Waals surface area contributed by atoms with Gasteiger partial charge in [-0.3, -0.25) is 4.79 Å². The highest BCUT2D eigenvalue weighted by Crippen LogP contribution is 2.69. The number of hydrogen-bond donors (Lipinski definition) is 1. The second kappa shape index (κ2) is 9.23. The lowest BCUT2D eigenvalue weighted by Crippen LogP contribution is -2.58. The minimum absolute atomic E-state index is 0.177. The molecule has 0 heterocycles. The molecule has 0 radical (unpaired) electrons. The maximum absolute atomic E-state index is 12.6. The summed E-state index contributed by atoms with van der Waals surface area (Å²) in [7, 11) is 1.49. The molecule has 0 aromatic heterocycles. The van der Waals surface area contributed by atoms with E-state index >= 15 is 0 Å². The van der Waals surface area contributed by atoms with Crippen LogP contribution in [-0.4, -0.2) is 24.3 Å². The summed E-state index contributed by atoms with van der Waals surface area (Å²) >= 11 is 0. The number of aliphatic hydroxyl groups is 1. The third-order valence-corrected chi connectivity index (χ3v) is 11.4. The number of rotatable bonds is 6. The van der Waals surface area contributed by atoms with E-state index in [2.05, 4.69) is 34.6 Å². The molecule has 0 spiro atoms. The van der Waals surface area contributed by atoms with Crippen LogP contribution in [0.25, 0.3) is 0 Å². The molecular formula is C29H50O3. The molecule has 32 heavy (non-hydrogen) atoms. The topological polar surface area (TPSA) is 46.5 Å². The molecule has 4 rings (SSSR count). The molecular weight excluding hydrogens is 396 g/mol. The smallest absolute Gasteiger partial charge is 0.311 e. The van der Waals surface area contributed by atoms with Crippen molar-refractivity contribution in [3.8, 4) is 0 Å². The molecule has 4 saturated carbocycles. The van der Waals surface area contributed by atoms with Crippen LogP contribution >= 0.6 is 0 Å². The highest BCUT2D eigenvalue weighted by atomic mass is 16.5. The molecule has 4 aliphatic rings. The predicted molar refractivity (Wildman–Crippen MR) is 130 cm³/mol. The maximum atomic E-state index is 12.6. The first-order valence-electron chi connectivity index (χ1n) is 13.9. The van der Waals surface area contributed by atoms with Gasteiger partial charge in [-0.15, -0.1) is 0 Å². The van der Waals surface area contributed by atoms with Crippen LogP contribution in [-0.2, 0) is 9.53 Å². The Morgan fingerprint density at radius 1 is 0.906 bits per heavy atom. The summed E-state index contributed by atoms with van der Waals surface area (Å²) in [6, 6.07) is 0. The van der Waals surface area contributed by atoms with Gasteiger partial charge in [0.15, 0.2) is 0 Å². The van der Waals surface area contributed by atoms with Crippen molar-refractivity contribution in [2.45, 2.75) is 111 Å². The van der Waals surface area contributed by atoms with Crippen LogP contribution < -0.4 is 0 Å². The summed E-state index contributed by atoms with van der Waals surface area (Å²) < 4.78 is 5.16. The molecule has 10 atom stereocenters. The number of fused-ring (bicyclic) bond motifs is 5. The highest BCUT2D eigenvalue weighted by Gasteiger charge is 2.62. The van der Waals surface area contributed by atoms with Crippen molar-refractivity contribution in [1.29, 1.82) is 0 Å². The first-order valence-corrected chi connectivity index (χ1v) is 13.9. The normalized spacial score (nSPS) is 46.8. The van der Waals surface area contributed by atoms with Crippen molar-refractivity contribution in [3.05, 3.63) is 0 Å². The lowest BCUT2D eigenvalue weighted by molar-refractivity contribution is -0.179. The summed E-state index contributed by atoms with van der Waals surface area (Å²) in [4.78, 5) is 12.6. The van der Waals surface area contributed by atoms with Crippen LogP contribution in [0.2, 0.25) is 0 Å².